The van der Waals surface area contributed by atoms with Crippen LogP contribution in [0.2, 0.25) is 0 Å². The average Bonchev–Trinajstić information content (AvgIpc) is 2.89. The van der Waals surface area contributed by atoms with E-state index >= 15 is 0 Å². The van der Waals surface area contributed by atoms with Gasteiger partial charge in [-0.05, 0) is 25.7 Å². The number of rotatable bonds is 6. The SMILES string of the molecule is COCCOCCC1(C#N)CC2CCC1O2. The Morgan fingerprint density at radius 3 is 2.81 bits per heavy atom. The van der Waals surface area contributed by atoms with Gasteiger partial charge in [-0.1, -0.05) is 0 Å². The Balaban J connectivity index is 1.76. The molecule has 0 radical (unpaired) electrons. The highest BCUT2D eigenvalue weighted by Crippen LogP contribution is 2.49. The van der Waals surface area contributed by atoms with Crippen molar-refractivity contribution in [2.75, 3.05) is 26.9 Å². The number of hydrogen-bond acceptors (Lipinski definition) is 4. The third kappa shape index (κ3) is 2.22. The summed E-state index contributed by atoms with van der Waals surface area (Å²) in [5, 5.41) is 9.33. The minimum atomic E-state index is -0.282. The fourth-order valence-corrected chi connectivity index (χ4v) is 2.74. The van der Waals surface area contributed by atoms with Gasteiger partial charge in [-0.15, -0.1) is 0 Å². The molecule has 2 bridgehead atoms. The molecule has 4 nitrogen and oxygen atoms in total. The van der Waals surface area contributed by atoms with Crippen LogP contribution in [0.4, 0.5) is 0 Å². The topological polar surface area (TPSA) is 51.5 Å². The van der Waals surface area contributed by atoms with E-state index in [1.165, 1.54) is 0 Å². The fourth-order valence-electron chi connectivity index (χ4n) is 2.74. The molecule has 2 fully saturated rings. The van der Waals surface area contributed by atoms with Gasteiger partial charge >= 0.3 is 0 Å². The number of nitrogens with zero attached hydrogens (tertiary/aromatic N) is 1. The monoisotopic (exact) mass is 225 g/mol. The Kier molecular flexibility index (Phi) is 3.80. The van der Waals surface area contributed by atoms with Gasteiger partial charge in [0.25, 0.3) is 0 Å². The summed E-state index contributed by atoms with van der Waals surface area (Å²) < 4.78 is 16.1. The van der Waals surface area contributed by atoms with Crippen molar-refractivity contribution in [2.45, 2.75) is 37.9 Å². The van der Waals surface area contributed by atoms with E-state index in [0.29, 0.717) is 25.9 Å². The van der Waals surface area contributed by atoms with Crippen molar-refractivity contribution in [1.82, 2.24) is 0 Å². The largest absolute Gasteiger partial charge is 0.382 e. The molecule has 4 heteroatoms. The predicted molar refractivity (Wildman–Crippen MR) is 57.9 cm³/mol. The van der Waals surface area contributed by atoms with Gasteiger partial charge in [0.05, 0.1) is 36.9 Å². The third-order valence-electron chi connectivity index (χ3n) is 3.66. The Morgan fingerprint density at radius 2 is 2.25 bits per heavy atom. The molecule has 3 atom stereocenters. The number of hydrogen-bond donors (Lipinski definition) is 0. The van der Waals surface area contributed by atoms with Crippen LogP contribution in [0, 0.1) is 16.7 Å². The highest BCUT2D eigenvalue weighted by molar-refractivity contribution is 5.12. The van der Waals surface area contributed by atoms with Crippen LogP contribution < -0.4 is 0 Å². The van der Waals surface area contributed by atoms with E-state index in [0.717, 1.165) is 25.7 Å². The molecule has 2 saturated heterocycles. The lowest BCUT2D eigenvalue weighted by atomic mass is 9.73. The molecule has 0 aromatic carbocycles. The summed E-state index contributed by atoms with van der Waals surface area (Å²) >= 11 is 0. The molecule has 0 spiro atoms. The molecule has 2 heterocycles. The normalized spacial score (nSPS) is 36.5. The minimum absolute atomic E-state index is 0.147. The Bertz CT molecular complexity index is 276. The van der Waals surface area contributed by atoms with E-state index in [-0.39, 0.29) is 11.5 Å². The summed E-state index contributed by atoms with van der Waals surface area (Å²) in [4.78, 5) is 0. The van der Waals surface area contributed by atoms with Crippen LogP contribution in [-0.2, 0) is 14.2 Å². The van der Waals surface area contributed by atoms with Gasteiger partial charge in [-0.3, -0.25) is 0 Å². The second-order valence-electron chi connectivity index (χ2n) is 4.65. The molecule has 0 aromatic heterocycles. The van der Waals surface area contributed by atoms with Gasteiger partial charge < -0.3 is 14.2 Å². The standard InChI is InChI=1S/C12H19NO3/c1-14-6-7-15-5-4-12(9-13)8-10-2-3-11(12)16-10/h10-11H,2-8H2,1H3. The van der Waals surface area contributed by atoms with E-state index in [1.54, 1.807) is 7.11 Å². The molecule has 90 valence electrons. The summed E-state index contributed by atoms with van der Waals surface area (Å²) in [5.74, 6) is 0. The highest BCUT2D eigenvalue weighted by Gasteiger charge is 2.52. The zero-order valence-corrected chi connectivity index (χ0v) is 9.78. The van der Waals surface area contributed by atoms with Gasteiger partial charge in [0, 0.05) is 13.7 Å². The van der Waals surface area contributed by atoms with E-state index in [1.807, 2.05) is 0 Å². The second kappa shape index (κ2) is 5.13. The van der Waals surface area contributed by atoms with Crippen molar-refractivity contribution in [3.05, 3.63) is 0 Å². The van der Waals surface area contributed by atoms with E-state index in [2.05, 4.69) is 6.07 Å². The van der Waals surface area contributed by atoms with E-state index < -0.39 is 0 Å². The van der Waals surface area contributed by atoms with Gasteiger partial charge in [0.15, 0.2) is 0 Å². The first-order valence-corrected chi connectivity index (χ1v) is 5.94. The molecular weight excluding hydrogens is 206 g/mol. The third-order valence-corrected chi connectivity index (χ3v) is 3.66. The average molecular weight is 225 g/mol. The zero-order chi connectivity index (χ0) is 11.4. The lowest BCUT2D eigenvalue weighted by Crippen LogP contribution is -2.32. The van der Waals surface area contributed by atoms with Gasteiger partial charge in [-0.25, -0.2) is 0 Å². The molecule has 2 rings (SSSR count). The predicted octanol–water partition coefficient (Wildman–Crippen LogP) is 1.50. The summed E-state index contributed by atoms with van der Waals surface area (Å²) in [5.41, 5.74) is -0.282. The van der Waals surface area contributed by atoms with Crippen molar-refractivity contribution >= 4 is 0 Å². The maximum absolute atomic E-state index is 9.33. The quantitative estimate of drug-likeness (QED) is 0.643. The zero-order valence-electron chi connectivity index (χ0n) is 9.78. The summed E-state index contributed by atoms with van der Waals surface area (Å²) in [6.07, 6.45) is 4.31. The Hall–Kier alpha value is -0.630. The van der Waals surface area contributed by atoms with Gasteiger partial charge in [-0.2, -0.15) is 5.26 Å². The summed E-state index contributed by atoms with van der Waals surface area (Å²) in [7, 11) is 1.66. The van der Waals surface area contributed by atoms with Crippen molar-refractivity contribution in [2.24, 2.45) is 5.41 Å². The molecule has 16 heavy (non-hydrogen) atoms. The number of nitriles is 1. The number of methoxy groups -OCH3 is 1. The Labute approximate surface area is 96.5 Å². The lowest BCUT2D eigenvalue weighted by molar-refractivity contribution is 0.0384. The van der Waals surface area contributed by atoms with Crippen LogP contribution in [0.25, 0.3) is 0 Å². The second-order valence-corrected chi connectivity index (χ2v) is 4.65. The van der Waals surface area contributed by atoms with Crippen LogP contribution >= 0.6 is 0 Å². The fraction of sp³-hybridized carbons (Fsp3) is 0.917. The first-order chi connectivity index (χ1) is 7.80. The smallest absolute Gasteiger partial charge is 0.0881 e. The summed E-state index contributed by atoms with van der Waals surface area (Å²) in [6.45, 7) is 1.85. The van der Waals surface area contributed by atoms with Gasteiger partial charge in [0.2, 0.25) is 0 Å². The molecule has 0 aromatic rings. The maximum atomic E-state index is 9.33. The van der Waals surface area contributed by atoms with Crippen LogP contribution in [0.1, 0.15) is 25.7 Å². The molecular formula is C12H19NO3. The lowest BCUT2D eigenvalue weighted by Gasteiger charge is -2.27. The molecule has 2 aliphatic rings. The van der Waals surface area contributed by atoms with Crippen LogP contribution in [0.3, 0.4) is 0 Å². The van der Waals surface area contributed by atoms with Crippen LogP contribution in [-0.4, -0.2) is 39.1 Å². The first-order valence-electron chi connectivity index (χ1n) is 5.94. The maximum Gasteiger partial charge on any atom is 0.0881 e. The van der Waals surface area contributed by atoms with E-state index in [9.17, 15) is 5.26 Å². The molecule has 0 aliphatic carbocycles. The highest BCUT2D eigenvalue weighted by atomic mass is 16.5. The summed E-state index contributed by atoms with van der Waals surface area (Å²) in [6, 6.07) is 2.46. The molecule has 0 saturated carbocycles. The van der Waals surface area contributed by atoms with Crippen molar-refractivity contribution in [3.63, 3.8) is 0 Å². The minimum Gasteiger partial charge on any atom is -0.382 e. The van der Waals surface area contributed by atoms with E-state index in [4.69, 9.17) is 14.2 Å². The first kappa shape index (κ1) is 11.8. The number of ether oxygens (including phenoxy) is 3. The van der Waals surface area contributed by atoms with Gasteiger partial charge in [0.1, 0.15) is 0 Å². The van der Waals surface area contributed by atoms with Crippen LogP contribution in [0.5, 0.6) is 0 Å². The Morgan fingerprint density at radius 1 is 1.38 bits per heavy atom. The van der Waals surface area contributed by atoms with Crippen LogP contribution in [0.15, 0.2) is 0 Å². The molecule has 3 unspecified atom stereocenters. The van der Waals surface area contributed by atoms with Crippen molar-refractivity contribution in [3.8, 4) is 6.07 Å². The van der Waals surface area contributed by atoms with Crippen molar-refractivity contribution in [1.29, 1.82) is 5.26 Å². The molecule has 0 amide bonds. The number of fused-ring (bicyclic) bond motifs is 2. The molecule has 0 N–H and O–H groups in total. The van der Waals surface area contributed by atoms with Crippen molar-refractivity contribution < 1.29 is 14.2 Å². The molecule has 2 aliphatic heterocycles.